The molecule has 0 unspecified atom stereocenters. The Bertz CT molecular complexity index is 762. The average Bonchev–Trinajstić information content (AvgIpc) is 3.10. The zero-order valence-corrected chi connectivity index (χ0v) is 18.3. The first kappa shape index (κ1) is 24.2. The summed E-state index contributed by atoms with van der Waals surface area (Å²) in [6.07, 6.45) is -2.96. The number of aliphatic imine (C=N–C) groups is 1. The summed E-state index contributed by atoms with van der Waals surface area (Å²) in [6, 6.07) is 5.21. The van der Waals surface area contributed by atoms with Gasteiger partial charge in [0.05, 0.1) is 5.56 Å². The fourth-order valence-corrected chi connectivity index (χ4v) is 2.31. The molecule has 0 aliphatic rings. The van der Waals surface area contributed by atoms with E-state index in [9.17, 15) is 13.2 Å². The number of benzene rings is 1. The summed E-state index contributed by atoms with van der Waals surface area (Å²) in [7, 11) is 1.61. The summed E-state index contributed by atoms with van der Waals surface area (Å²) < 4.78 is 43.4. The quantitative estimate of drug-likeness (QED) is 0.253. The third-order valence-electron chi connectivity index (χ3n) is 3.80. The number of alkyl halides is 3. The molecule has 156 valence electrons. The summed E-state index contributed by atoms with van der Waals surface area (Å²) in [6.45, 7) is 4.85. The van der Waals surface area contributed by atoms with Crippen LogP contribution < -0.4 is 10.6 Å². The molecule has 0 fully saturated rings. The van der Waals surface area contributed by atoms with Gasteiger partial charge in [0, 0.05) is 32.5 Å². The van der Waals surface area contributed by atoms with Gasteiger partial charge in [0.2, 0.25) is 5.89 Å². The van der Waals surface area contributed by atoms with Gasteiger partial charge in [-0.2, -0.15) is 18.2 Å². The van der Waals surface area contributed by atoms with Crippen molar-refractivity contribution in [2.24, 2.45) is 4.99 Å². The zero-order chi connectivity index (χ0) is 19.9. The van der Waals surface area contributed by atoms with Crippen LogP contribution in [0.5, 0.6) is 0 Å². The van der Waals surface area contributed by atoms with E-state index < -0.39 is 11.7 Å². The first-order valence-electron chi connectivity index (χ1n) is 8.72. The third-order valence-corrected chi connectivity index (χ3v) is 3.80. The van der Waals surface area contributed by atoms with Gasteiger partial charge in [-0.25, -0.2) is 0 Å². The molecule has 0 saturated heterocycles. The van der Waals surface area contributed by atoms with Crippen LogP contribution in [0.1, 0.15) is 49.0 Å². The molecule has 0 bridgehead atoms. The molecule has 28 heavy (non-hydrogen) atoms. The number of hydrogen-bond acceptors (Lipinski definition) is 4. The minimum absolute atomic E-state index is 0. The van der Waals surface area contributed by atoms with Crippen molar-refractivity contribution in [1.82, 2.24) is 20.8 Å². The van der Waals surface area contributed by atoms with Crippen LogP contribution >= 0.6 is 24.0 Å². The van der Waals surface area contributed by atoms with E-state index >= 15 is 0 Å². The number of aromatic nitrogens is 2. The van der Waals surface area contributed by atoms with Gasteiger partial charge in [-0.15, -0.1) is 24.0 Å². The fraction of sp³-hybridized carbons (Fsp3) is 0.500. The lowest BCUT2D eigenvalue weighted by atomic mass is 10.1. The van der Waals surface area contributed by atoms with Crippen molar-refractivity contribution in [2.75, 3.05) is 13.6 Å². The molecular formula is C18H25F3IN5O. The molecule has 0 saturated carbocycles. The van der Waals surface area contributed by atoms with Gasteiger partial charge >= 0.3 is 6.18 Å². The van der Waals surface area contributed by atoms with E-state index in [2.05, 4.69) is 25.8 Å². The molecule has 2 rings (SSSR count). The number of aryl methyl sites for hydroxylation is 1. The molecule has 0 atom stereocenters. The number of rotatable bonds is 7. The number of guanidine groups is 1. The third kappa shape index (κ3) is 7.64. The normalized spacial score (nSPS) is 12.0. The SMILES string of the molecule is CN=C(NCCCc1nc(C(C)C)no1)NCc1cccc(C(F)(F)F)c1.I. The molecule has 10 heteroatoms. The van der Waals surface area contributed by atoms with E-state index in [4.69, 9.17) is 4.52 Å². The van der Waals surface area contributed by atoms with E-state index in [1.165, 1.54) is 6.07 Å². The number of nitrogens with zero attached hydrogens (tertiary/aromatic N) is 3. The summed E-state index contributed by atoms with van der Waals surface area (Å²) in [5.74, 6) is 2.02. The summed E-state index contributed by atoms with van der Waals surface area (Å²) in [5.41, 5.74) is -0.134. The molecule has 1 heterocycles. The Morgan fingerprint density at radius 1 is 1.25 bits per heavy atom. The summed E-state index contributed by atoms with van der Waals surface area (Å²) in [5, 5.41) is 10.0. The Labute approximate surface area is 179 Å². The van der Waals surface area contributed by atoms with Gasteiger partial charge < -0.3 is 15.2 Å². The maximum Gasteiger partial charge on any atom is 0.416 e. The zero-order valence-electron chi connectivity index (χ0n) is 16.0. The minimum atomic E-state index is -4.35. The predicted molar refractivity (Wildman–Crippen MR) is 112 cm³/mol. The second-order valence-electron chi connectivity index (χ2n) is 6.36. The van der Waals surface area contributed by atoms with Gasteiger partial charge in [0.25, 0.3) is 0 Å². The second kappa shape index (κ2) is 11.2. The van der Waals surface area contributed by atoms with Crippen LogP contribution in [0.2, 0.25) is 0 Å². The highest BCUT2D eigenvalue weighted by molar-refractivity contribution is 14.0. The summed E-state index contributed by atoms with van der Waals surface area (Å²) in [4.78, 5) is 8.37. The molecule has 2 N–H and O–H groups in total. The van der Waals surface area contributed by atoms with Crippen LogP contribution in [0, 0.1) is 0 Å². The molecule has 1 aromatic carbocycles. The highest BCUT2D eigenvalue weighted by Crippen LogP contribution is 2.29. The highest BCUT2D eigenvalue weighted by atomic mass is 127. The van der Waals surface area contributed by atoms with Gasteiger partial charge in [0.1, 0.15) is 0 Å². The van der Waals surface area contributed by atoms with E-state index in [0.717, 1.165) is 18.6 Å². The van der Waals surface area contributed by atoms with Crippen LogP contribution in [0.15, 0.2) is 33.8 Å². The first-order chi connectivity index (χ1) is 12.8. The Balaban J connectivity index is 0.00000392. The average molecular weight is 511 g/mol. The first-order valence-corrected chi connectivity index (χ1v) is 8.72. The van der Waals surface area contributed by atoms with Crippen molar-refractivity contribution >= 4 is 29.9 Å². The molecule has 1 aromatic heterocycles. The van der Waals surface area contributed by atoms with Gasteiger partial charge in [-0.3, -0.25) is 4.99 Å². The minimum Gasteiger partial charge on any atom is -0.356 e. The second-order valence-corrected chi connectivity index (χ2v) is 6.36. The molecule has 2 aromatic rings. The molecule has 0 spiro atoms. The van der Waals surface area contributed by atoms with Crippen molar-refractivity contribution < 1.29 is 17.7 Å². The van der Waals surface area contributed by atoms with Gasteiger partial charge in [0.15, 0.2) is 11.8 Å². The molecular weight excluding hydrogens is 486 g/mol. The predicted octanol–water partition coefficient (Wildman–Crippen LogP) is 4.13. The Morgan fingerprint density at radius 3 is 2.61 bits per heavy atom. The van der Waals surface area contributed by atoms with Crippen molar-refractivity contribution in [3.05, 3.63) is 47.1 Å². The van der Waals surface area contributed by atoms with Crippen molar-refractivity contribution in [2.45, 2.75) is 45.3 Å². The van der Waals surface area contributed by atoms with Crippen molar-refractivity contribution in [3.8, 4) is 0 Å². The Morgan fingerprint density at radius 2 is 2.00 bits per heavy atom. The van der Waals surface area contributed by atoms with Crippen LogP contribution in [0.4, 0.5) is 13.2 Å². The monoisotopic (exact) mass is 511 g/mol. The van der Waals surface area contributed by atoms with Crippen molar-refractivity contribution in [1.29, 1.82) is 0 Å². The van der Waals surface area contributed by atoms with Gasteiger partial charge in [-0.1, -0.05) is 31.1 Å². The van der Waals surface area contributed by atoms with Crippen LogP contribution in [0.3, 0.4) is 0 Å². The van der Waals surface area contributed by atoms with Crippen molar-refractivity contribution in [3.63, 3.8) is 0 Å². The van der Waals surface area contributed by atoms with E-state index in [1.807, 2.05) is 13.8 Å². The lowest BCUT2D eigenvalue weighted by molar-refractivity contribution is -0.137. The highest BCUT2D eigenvalue weighted by Gasteiger charge is 2.30. The Hall–Kier alpha value is -1.85. The number of halogens is 4. The fourth-order valence-electron chi connectivity index (χ4n) is 2.31. The number of hydrogen-bond donors (Lipinski definition) is 2. The van der Waals surface area contributed by atoms with Crippen LogP contribution in [-0.4, -0.2) is 29.7 Å². The molecule has 6 nitrogen and oxygen atoms in total. The Kier molecular flexibility index (Phi) is 9.70. The molecule has 0 aliphatic carbocycles. The molecule has 0 amide bonds. The standard InChI is InChI=1S/C18H24F3N5O.HI/c1-12(2)16-25-15(27-26-16)8-5-9-23-17(22-3)24-11-13-6-4-7-14(10-13)18(19,20)21;/h4,6-7,10,12H,5,8-9,11H2,1-3H3,(H2,22,23,24);1H. The van der Waals surface area contributed by atoms with E-state index in [1.54, 1.807) is 13.1 Å². The molecule has 0 radical (unpaired) electrons. The molecule has 0 aliphatic heterocycles. The van der Waals surface area contributed by atoms with E-state index in [-0.39, 0.29) is 36.4 Å². The van der Waals surface area contributed by atoms with Crippen LogP contribution in [-0.2, 0) is 19.1 Å². The van der Waals surface area contributed by atoms with Crippen LogP contribution in [0.25, 0.3) is 0 Å². The maximum absolute atomic E-state index is 12.8. The number of nitrogens with one attached hydrogen (secondary N) is 2. The summed E-state index contributed by atoms with van der Waals surface area (Å²) >= 11 is 0. The maximum atomic E-state index is 12.8. The van der Waals surface area contributed by atoms with Gasteiger partial charge in [-0.05, 0) is 24.1 Å². The largest absolute Gasteiger partial charge is 0.416 e. The lowest BCUT2D eigenvalue weighted by Gasteiger charge is -2.13. The topological polar surface area (TPSA) is 75.3 Å². The smallest absolute Gasteiger partial charge is 0.356 e. The van der Waals surface area contributed by atoms with E-state index in [0.29, 0.717) is 36.2 Å². The lowest BCUT2D eigenvalue weighted by Crippen LogP contribution is -2.37.